The van der Waals surface area contributed by atoms with Gasteiger partial charge < -0.3 is 4.43 Å². The first-order valence-electron chi connectivity index (χ1n) is 3.73. The average Bonchev–Trinajstić information content (AvgIpc) is 1.82. The predicted molar refractivity (Wildman–Crippen MR) is 52.4 cm³/mol. The van der Waals surface area contributed by atoms with E-state index in [0.29, 0.717) is 0 Å². The summed E-state index contributed by atoms with van der Waals surface area (Å²) in [6.07, 6.45) is 0.781. The lowest BCUT2D eigenvalue weighted by atomic mass is 10.3. The fourth-order valence-electron chi connectivity index (χ4n) is 0.532. The van der Waals surface area contributed by atoms with Crippen molar-refractivity contribution in [2.75, 3.05) is 0 Å². The van der Waals surface area contributed by atoms with Crippen LogP contribution in [0.5, 0.6) is 0 Å². The van der Waals surface area contributed by atoms with Gasteiger partial charge in [-0.1, -0.05) is 22.9 Å². The van der Waals surface area contributed by atoms with Gasteiger partial charge in [0, 0.05) is 0 Å². The van der Waals surface area contributed by atoms with Gasteiger partial charge in [-0.3, -0.25) is 4.79 Å². The van der Waals surface area contributed by atoms with Gasteiger partial charge in [-0.05, 0) is 26.1 Å². The molecule has 0 N–H and O–H groups in total. The van der Waals surface area contributed by atoms with E-state index in [1.54, 1.807) is 0 Å². The Kier molecular flexibility index (Phi) is 4.32. The Hall–Kier alpha value is 0.167. The Morgan fingerprint density at radius 2 is 2.00 bits per heavy atom. The summed E-state index contributed by atoms with van der Waals surface area (Å²) in [7, 11) is -1.68. The first-order chi connectivity index (χ1) is 4.87. The monoisotopic (exact) mass is 238 g/mol. The number of halogens is 1. The van der Waals surface area contributed by atoms with E-state index in [9.17, 15) is 4.79 Å². The molecule has 1 unspecified atom stereocenters. The fourth-order valence-corrected chi connectivity index (χ4v) is 1.54. The minimum absolute atomic E-state index is 0.119. The van der Waals surface area contributed by atoms with Crippen LogP contribution < -0.4 is 0 Å². The molecular formula is C7H15BrO2Si. The highest BCUT2D eigenvalue weighted by molar-refractivity contribution is 9.10. The van der Waals surface area contributed by atoms with Crippen molar-refractivity contribution in [1.82, 2.24) is 0 Å². The quantitative estimate of drug-likeness (QED) is 0.558. The van der Waals surface area contributed by atoms with Gasteiger partial charge in [-0.2, -0.15) is 0 Å². The molecule has 0 rings (SSSR count). The van der Waals surface area contributed by atoms with Crippen molar-refractivity contribution < 1.29 is 9.22 Å². The molecule has 0 aliphatic carbocycles. The maximum atomic E-state index is 11.2. The molecule has 0 amide bonds. The van der Waals surface area contributed by atoms with Gasteiger partial charge >= 0.3 is 5.97 Å². The van der Waals surface area contributed by atoms with Crippen molar-refractivity contribution in [2.45, 2.75) is 37.8 Å². The van der Waals surface area contributed by atoms with E-state index in [1.165, 1.54) is 0 Å². The van der Waals surface area contributed by atoms with Gasteiger partial charge in [0.2, 0.25) is 8.32 Å². The first kappa shape index (κ1) is 11.2. The zero-order chi connectivity index (χ0) is 9.07. The second-order valence-electron chi connectivity index (χ2n) is 3.41. The molecule has 0 saturated carbocycles. The SMILES string of the molecule is CCC(Br)C(=O)O[Si](C)(C)C. The van der Waals surface area contributed by atoms with Gasteiger partial charge in [-0.15, -0.1) is 0 Å². The molecule has 0 heterocycles. The van der Waals surface area contributed by atoms with Crippen molar-refractivity contribution in [1.29, 1.82) is 0 Å². The van der Waals surface area contributed by atoms with Crippen molar-refractivity contribution in [2.24, 2.45) is 0 Å². The molecule has 4 heteroatoms. The molecule has 0 spiro atoms. The van der Waals surface area contributed by atoms with Crippen molar-refractivity contribution in [3.05, 3.63) is 0 Å². The Morgan fingerprint density at radius 1 is 1.55 bits per heavy atom. The maximum absolute atomic E-state index is 11.2. The van der Waals surface area contributed by atoms with Crippen LogP contribution in [-0.4, -0.2) is 19.1 Å². The molecule has 0 aromatic carbocycles. The second-order valence-corrected chi connectivity index (χ2v) is 8.94. The first-order valence-corrected chi connectivity index (χ1v) is 8.06. The van der Waals surface area contributed by atoms with Gasteiger partial charge in [0.1, 0.15) is 4.83 Å². The topological polar surface area (TPSA) is 26.3 Å². The van der Waals surface area contributed by atoms with E-state index in [4.69, 9.17) is 4.43 Å². The highest BCUT2D eigenvalue weighted by atomic mass is 79.9. The fraction of sp³-hybridized carbons (Fsp3) is 0.857. The molecule has 0 fully saturated rings. The predicted octanol–water partition coefficient (Wildman–Crippen LogP) is 2.54. The standard InChI is InChI=1S/C7H15BrO2Si/c1-5-6(8)7(9)10-11(2,3)4/h6H,5H2,1-4H3. The minimum Gasteiger partial charge on any atom is -0.519 e. The second kappa shape index (κ2) is 4.26. The molecule has 66 valence electrons. The zero-order valence-corrected chi connectivity index (χ0v) is 10.1. The van der Waals surface area contributed by atoms with Crippen molar-refractivity contribution >= 4 is 30.2 Å². The van der Waals surface area contributed by atoms with Crippen LogP contribution in [0.3, 0.4) is 0 Å². The van der Waals surface area contributed by atoms with Crippen molar-refractivity contribution in [3.8, 4) is 0 Å². The maximum Gasteiger partial charge on any atom is 0.306 e. The Bertz CT molecular complexity index is 142. The molecule has 0 radical (unpaired) electrons. The van der Waals surface area contributed by atoms with Crippen LogP contribution in [0.25, 0.3) is 0 Å². The molecule has 1 atom stereocenters. The number of rotatable bonds is 3. The summed E-state index contributed by atoms with van der Waals surface area (Å²) < 4.78 is 5.24. The number of carbonyl (C=O) groups is 1. The molecule has 0 aliphatic heterocycles. The highest BCUT2D eigenvalue weighted by Gasteiger charge is 2.23. The van der Waals surface area contributed by atoms with Crippen LogP contribution in [-0.2, 0) is 9.22 Å². The van der Waals surface area contributed by atoms with Crippen molar-refractivity contribution in [3.63, 3.8) is 0 Å². The van der Waals surface area contributed by atoms with E-state index in [1.807, 2.05) is 26.6 Å². The van der Waals surface area contributed by atoms with Crippen LogP contribution in [0.1, 0.15) is 13.3 Å². The minimum atomic E-state index is -1.68. The van der Waals surface area contributed by atoms with Gasteiger partial charge in [0.15, 0.2) is 0 Å². The van der Waals surface area contributed by atoms with Gasteiger partial charge in [0.25, 0.3) is 0 Å². The number of carbonyl (C=O) groups excluding carboxylic acids is 1. The summed E-state index contributed by atoms with van der Waals surface area (Å²) in [6, 6.07) is 0. The van der Waals surface area contributed by atoms with Crippen LogP contribution >= 0.6 is 15.9 Å². The molecule has 0 aromatic rings. The normalized spacial score (nSPS) is 14.3. The van der Waals surface area contributed by atoms with E-state index in [0.717, 1.165) is 6.42 Å². The summed E-state index contributed by atoms with van der Waals surface area (Å²) in [5.74, 6) is -0.119. The summed E-state index contributed by atoms with van der Waals surface area (Å²) in [5.41, 5.74) is 0. The largest absolute Gasteiger partial charge is 0.519 e. The Balaban J connectivity index is 3.88. The van der Waals surface area contributed by atoms with Crippen LogP contribution in [0.15, 0.2) is 0 Å². The van der Waals surface area contributed by atoms with Crippen LogP contribution in [0.4, 0.5) is 0 Å². The zero-order valence-electron chi connectivity index (χ0n) is 7.48. The molecule has 0 aromatic heterocycles. The smallest absolute Gasteiger partial charge is 0.306 e. The lowest BCUT2D eigenvalue weighted by Gasteiger charge is -2.19. The van der Waals surface area contributed by atoms with Crippen LogP contribution in [0, 0.1) is 0 Å². The Labute approximate surface area is 77.6 Å². The lowest BCUT2D eigenvalue weighted by Crippen LogP contribution is -2.32. The summed E-state index contributed by atoms with van der Waals surface area (Å²) in [5, 5.41) is 0. The Morgan fingerprint density at radius 3 is 2.27 bits per heavy atom. The molecule has 11 heavy (non-hydrogen) atoms. The number of hydrogen-bond acceptors (Lipinski definition) is 2. The number of hydrogen-bond donors (Lipinski definition) is 0. The average molecular weight is 239 g/mol. The third-order valence-electron chi connectivity index (χ3n) is 1.02. The molecular weight excluding hydrogens is 224 g/mol. The van der Waals surface area contributed by atoms with Gasteiger partial charge in [0.05, 0.1) is 0 Å². The van der Waals surface area contributed by atoms with E-state index in [2.05, 4.69) is 15.9 Å². The van der Waals surface area contributed by atoms with Gasteiger partial charge in [-0.25, -0.2) is 0 Å². The van der Waals surface area contributed by atoms with Crippen LogP contribution in [0.2, 0.25) is 19.6 Å². The lowest BCUT2D eigenvalue weighted by molar-refractivity contribution is -0.134. The van der Waals surface area contributed by atoms with E-state index >= 15 is 0 Å². The third kappa shape index (κ3) is 5.44. The molecule has 0 bridgehead atoms. The van der Waals surface area contributed by atoms with E-state index < -0.39 is 8.32 Å². The highest BCUT2D eigenvalue weighted by Crippen LogP contribution is 2.11. The molecule has 0 aliphatic rings. The summed E-state index contributed by atoms with van der Waals surface area (Å²) in [4.78, 5) is 11.0. The third-order valence-corrected chi connectivity index (χ3v) is 2.86. The number of alkyl halides is 1. The summed E-state index contributed by atoms with van der Waals surface area (Å²) >= 11 is 3.24. The molecule has 2 nitrogen and oxygen atoms in total. The summed E-state index contributed by atoms with van der Waals surface area (Å²) in [6.45, 7) is 7.95. The molecule has 0 saturated heterocycles. The van der Waals surface area contributed by atoms with E-state index in [-0.39, 0.29) is 10.8 Å².